The molecule has 0 amide bonds. The van der Waals surface area contributed by atoms with Crippen LogP contribution in [-0.2, 0) is 18.4 Å². The Labute approximate surface area is 253 Å². The third-order valence-electron chi connectivity index (χ3n) is 7.02. The molecule has 1 fully saturated rings. The molecule has 0 bridgehead atoms. The second-order valence-electron chi connectivity index (χ2n) is 11.1. The van der Waals surface area contributed by atoms with Crippen molar-refractivity contribution in [3.63, 3.8) is 0 Å². The summed E-state index contributed by atoms with van der Waals surface area (Å²) in [6, 6.07) is 8.00. The number of aliphatic imine (C=N–C) groups is 1. The van der Waals surface area contributed by atoms with E-state index in [1.165, 1.54) is 12.1 Å². The summed E-state index contributed by atoms with van der Waals surface area (Å²) in [5.41, 5.74) is 4.53. The molecule has 1 atom stereocenters. The highest BCUT2D eigenvalue weighted by Crippen LogP contribution is 2.25. The standard InChI is InChI=1S/C30H35FN10OS/c1-30(2,3)43(42)37-27(21-7-9-25(31)10-8-21)23-16-34-29(35-17-23)40-13-11-39(12-14-40)28(32-4)26-15-22(20-41(26)33-5)24-18-36-38(6)19-24/h7-10,15-20H,5,11-14H2,1-4,6H3/b32-28+,37-27-. The summed E-state index contributed by atoms with van der Waals surface area (Å²) >= 11 is -1.52. The van der Waals surface area contributed by atoms with Gasteiger partial charge in [0.15, 0.2) is 0 Å². The number of hydrogen-bond donors (Lipinski definition) is 0. The van der Waals surface area contributed by atoms with E-state index in [2.05, 4.69) is 52.1 Å². The third kappa shape index (κ3) is 6.67. The maximum absolute atomic E-state index is 13.6. The molecule has 1 aromatic carbocycles. The zero-order chi connectivity index (χ0) is 30.7. The van der Waals surface area contributed by atoms with Gasteiger partial charge in [-0.25, -0.2) is 19.0 Å². The van der Waals surface area contributed by atoms with Gasteiger partial charge in [-0.2, -0.15) is 10.2 Å². The minimum Gasteiger partial charge on any atom is -0.591 e. The van der Waals surface area contributed by atoms with Crippen molar-refractivity contribution in [2.45, 2.75) is 25.5 Å². The average Bonchev–Trinajstić information content (AvgIpc) is 3.63. The molecule has 1 saturated heterocycles. The molecule has 1 aliphatic heterocycles. The minimum atomic E-state index is -1.52. The highest BCUT2D eigenvalue weighted by molar-refractivity contribution is 7.91. The van der Waals surface area contributed by atoms with Crippen LogP contribution < -0.4 is 4.90 Å². The molecule has 4 aromatic rings. The Morgan fingerprint density at radius 2 is 1.65 bits per heavy atom. The first-order chi connectivity index (χ1) is 20.6. The van der Waals surface area contributed by atoms with E-state index in [-0.39, 0.29) is 5.82 Å². The molecule has 3 aromatic heterocycles. The monoisotopic (exact) mass is 602 g/mol. The molecule has 0 N–H and O–H groups in total. The van der Waals surface area contributed by atoms with Crippen molar-refractivity contribution < 1.29 is 8.94 Å². The van der Waals surface area contributed by atoms with Crippen molar-refractivity contribution in [3.05, 3.63) is 84.0 Å². The van der Waals surface area contributed by atoms with Gasteiger partial charge in [-0.15, -0.1) is 0 Å². The first kappa shape index (κ1) is 30.1. The zero-order valence-electron chi connectivity index (χ0n) is 25.0. The summed E-state index contributed by atoms with van der Waals surface area (Å²) in [6.45, 7) is 12.1. The van der Waals surface area contributed by atoms with Gasteiger partial charge in [0.05, 0.1) is 6.20 Å². The highest BCUT2D eigenvalue weighted by Gasteiger charge is 2.29. The average molecular weight is 603 g/mol. The Balaban J connectivity index is 1.32. The quantitative estimate of drug-likeness (QED) is 0.181. The molecule has 4 heterocycles. The first-order valence-corrected chi connectivity index (χ1v) is 14.9. The highest BCUT2D eigenvalue weighted by atomic mass is 32.2. The van der Waals surface area contributed by atoms with Crippen LogP contribution in [0.4, 0.5) is 10.3 Å². The SMILES string of the molecule is C=Nn1cc(-c2cnn(C)c2)cc1/C(=N\C)N1CCN(c2ncc(/C(=N\[S+]([O-])C(C)(C)C)c3ccc(F)cc3)cn2)CC1. The summed E-state index contributed by atoms with van der Waals surface area (Å²) in [5.74, 6) is 1.05. The molecule has 0 aliphatic carbocycles. The van der Waals surface area contributed by atoms with Gasteiger partial charge in [0.2, 0.25) is 5.95 Å². The van der Waals surface area contributed by atoms with E-state index in [0.717, 1.165) is 22.7 Å². The van der Waals surface area contributed by atoms with Crippen LogP contribution in [0.5, 0.6) is 0 Å². The van der Waals surface area contributed by atoms with Gasteiger partial charge < -0.3 is 14.4 Å². The van der Waals surface area contributed by atoms with Gasteiger partial charge in [-0.1, -0.05) is 4.40 Å². The van der Waals surface area contributed by atoms with Crippen molar-refractivity contribution in [2.75, 3.05) is 38.1 Å². The van der Waals surface area contributed by atoms with Crippen molar-refractivity contribution in [1.29, 1.82) is 0 Å². The largest absolute Gasteiger partial charge is 0.591 e. The summed E-state index contributed by atoms with van der Waals surface area (Å²) in [5, 5.41) is 8.46. The van der Waals surface area contributed by atoms with E-state index >= 15 is 0 Å². The maximum atomic E-state index is 13.6. The molecule has 0 radical (unpaired) electrons. The van der Waals surface area contributed by atoms with Gasteiger partial charge in [-0.05, 0) is 51.1 Å². The fraction of sp³-hybridized carbons (Fsp3) is 0.333. The molecule has 5 rings (SSSR count). The number of halogens is 1. The van der Waals surface area contributed by atoms with Crippen LogP contribution in [0.25, 0.3) is 11.1 Å². The normalized spacial score (nSPS) is 15.6. The second-order valence-corrected chi connectivity index (χ2v) is 13.0. The topological polar surface area (TPSA) is 115 Å². The zero-order valence-corrected chi connectivity index (χ0v) is 25.8. The third-order valence-corrected chi connectivity index (χ3v) is 8.42. The molecule has 11 nitrogen and oxygen atoms in total. The number of rotatable bonds is 7. The summed E-state index contributed by atoms with van der Waals surface area (Å²) in [4.78, 5) is 18.2. The molecule has 1 aliphatic rings. The Bertz CT molecular complexity index is 1630. The van der Waals surface area contributed by atoms with Crippen molar-refractivity contribution in [3.8, 4) is 11.1 Å². The fourth-order valence-corrected chi connectivity index (χ4v) is 5.36. The van der Waals surface area contributed by atoms with E-state index in [0.29, 0.717) is 49.0 Å². The Morgan fingerprint density at radius 3 is 2.21 bits per heavy atom. The van der Waals surface area contributed by atoms with Gasteiger partial charge in [0, 0.05) is 94.0 Å². The lowest BCUT2D eigenvalue weighted by Crippen LogP contribution is -2.49. The lowest BCUT2D eigenvalue weighted by molar-refractivity contribution is 0.381. The predicted octanol–water partition coefficient (Wildman–Crippen LogP) is 3.78. The number of nitrogens with zero attached hydrogens (tertiary/aromatic N) is 10. The number of piperazine rings is 1. The van der Waals surface area contributed by atoms with Crippen LogP contribution in [-0.4, -0.2) is 90.1 Å². The van der Waals surface area contributed by atoms with Crippen LogP contribution in [0.2, 0.25) is 0 Å². The van der Waals surface area contributed by atoms with E-state index in [9.17, 15) is 8.94 Å². The van der Waals surface area contributed by atoms with Crippen LogP contribution in [0, 0.1) is 5.82 Å². The minimum absolute atomic E-state index is 0.357. The van der Waals surface area contributed by atoms with E-state index in [4.69, 9.17) is 0 Å². The molecule has 13 heteroatoms. The lowest BCUT2D eigenvalue weighted by atomic mass is 10.1. The number of aromatic nitrogens is 5. The second kappa shape index (κ2) is 12.5. The summed E-state index contributed by atoms with van der Waals surface area (Å²) in [7, 11) is 3.66. The lowest BCUT2D eigenvalue weighted by Gasteiger charge is -2.36. The first-order valence-electron chi connectivity index (χ1n) is 13.8. The van der Waals surface area contributed by atoms with Crippen LogP contribution in [0.1, 0.15) is 37.6 Å². The number of benzene rings is 1. The van der Waals surface area contributed by atoms with E-state index in [1.807, 2.05) is 46.4 Å². The van der Waals surface area contributed by atoms with E-state index in [1.54, 1.807) is 40.9 Å². The Hall–Kier alpha value is -4.36. The molecular formula is C30H35FN10OS. The molecule has 0 saturated carbocycles. The maximum Gasteiger partial charge on any atom is 0.225 e. The van der Waals surface area contributed by atoms with Gasteiger partial charge in [-0.3, -0.25) is 9.67 Å². The number of anilines is 1. The smallest absolute Gasteiger partial charge is 0.225 e. The van der Waals surface area contributed by atoms with Crippen molar-refractivity contribution in [2.24, 2.45) is 21.5 Å². The summed E-state index contributed by atoms with van der Waals surface area (Å²) in [6.07, 6.45) is 9.06. The molecular weight excluding hydrogens is 567 g/mol. The Morgan fingerprint density at radius 1 is 0.977 bits per heavy atom. The van der Waals surface area contributed by atoms with Gasteiger partial charge in [0.25, 0.3) is 0 Å². The van der Waals surface area contributed by atoms with Gasteiger partial charge in [0.1, 0.15) is 39.2 Å². The van der Waals surface area contributed by atoms with Crippen LogP contribution >= 0.6 is 0 Å². The van der Waals surface area contributed by atoms with Gasteiger partial charge >= 0.3 is 0 Å². The number of amidine groups is 1. The molecule has 1 unspecified atom stereocenters. The number of hydrogen-bond acceptors (Lipinski definition) is 8. The van der Waals surface area contributed by atoms with Crippen LogP contribution in [0.3, 0.4) is 0 Å². The Kier molecular flexibility index (Phi) is 8.74. The van der Waals surface area contributed by atoms with E-state index < -0.39 is 16.1 Å². The summed E-state index contributed by atoms with van der Waals surface area (Å²) < 4.78 is 34.0. The predicted molar refractivity (Wildman–Crippen MR) is 170 cm³/mol. The molecule has 43 heavy (non-hydrogen) atoms. The van der Waals surface area contributed by atoms with Crippen molar-refractivity contribution >= 4 is 35.6 Å². The number of aryl methyl sites for hydroxylation is 1. The molecule has 224 valence electrons. The molecule has 0 spiro atoms. The van der Waals surface area contributed by atoms with Crippen LogP contribution in [0.15, 0.2) is 75.8 Å². The van der Waals surface area contributed by atoms with Crippen molar-refractivity contribution in [1.82, 2.24) is 29.3 Å². The fourth-order valence-electron chi connectivity index (χ4n) is 4.71.